The Labute approximate surface area is 228 Å². The van der Waals surface area contributed by atoms with Gasteiger partial charge < -0.3 is 14.2 Å². The number of fused-ring (bicyclic) bond motifs is 2. The van der Waals surface area contributed by atoms with E-state index in [4.69, 9.17) is 4.98 Å². The van der Waals surface area contributed by atoms with Crippen LogP contribution in [0.25, 0.3) is 33.1 Å². The number of benzene rings is 3. The van der Waals surface area contributed by atoms with Crippen LogP contribution in [0, 0.1) is 11.7 Å². The molecule has 3 aromatic carbocycles. The summed E-state index contributed by atoms with van der Waals surface area (Å²) in [4.78, 5) is 7.67. The first kappa shape index (κ1) is 24.6. The van der Waals surface area contributed by atoms with E-state index >= 15 is 0 Å². The average Bonchev–Trinajstić information content (AvgIpc) is 3.46. The third-order valence-corrected chi connectivity index (χ3v) is 8.89. The molecule has 0 bridgehead atoms. The van der Waals surface area contributed by atoms with Gasteiger partial charge in [0, 0.05) is 48.7 Å². The number of likely N-dealkylation sites (tertiary alicyclic amines) is 1. The van der Waals surface area contributed by atoms with E-state index < -0.39 is 0 Å². The van der Waals surface area contributed by atoms with Gasteiger partial charge in [0.1, 0.15) is 11.6 Å². The minimum absolute atomic E-state index is 0.126. The van der Waals surface area contributed by atoms with E-state index in [1.54, 1.807) is 12.1 Å². The molecule has 6 heteroatoms. The number of hydrogen-bond donors (Lipinski definition) is 1. The van der Waals surface area contributed by atoms with Gasteiger partial charge >= 0.3 is 0 Å². The molecule has 2 aliphatic rings. The van der Waals surface area contributed by atoms with Crippen molar-refractivity contribution in [2.75, 3.05) is 13.1 Å². The Hall–Kier alpha value is -3.48. The third kappa shape index (κ3) is 4.66. The number of aromatic nitrogens is 3. The van der Waals surface area contributed by atoms with Gasteiger partial charge in [-0.3, -0.25) is 4.90 Å². The molecule has 0 spiro atoms. The highest BCUT2D eigenvalue weighted by atomic mass is 19.1. The second kappa shape index (κ2) is 9.92. The Kier molecular flexibility index (Phi) is 6.25. The van der Waals surface area contributed by atoms with Crippen LogP contribution in [0.4, 0.5) is 4.39 Å². The van der Waals surface area contributed by atoms with Crippen LogP contribution < -0.4 is 0 Å². The Bertz CT molecular complexity index is 1640. The number of nitrogens with zero attached hydrogens (tertiary/aromatic N) is 4. The summed E-state index contributed by atoms with van der Waals surface area (Å²) in [5.41, 5.74) is 6.78. The Morgan fingerprint density at radius 2 is 1.77 bits per heavy atom. The van der Waals surface area contributed by atoms with E-state index in [0.29, 0.717) is 11.8 Å². The van der Waals surface area contributed by atoms with Crippen molar-refractivity contribution in [2.24, 2.45) is 13.0 Å². The Balaban J connectivity index is 1.06. The molecule has 1 saturated heterocycles. The summed E-state index contributed by atoms with van der Waals surface area (Å²) in [6.45, 7) is 3.99. The van der Waals surface area contributed by atoms with Gasteiger partial charge in [-0.1, -0.05) is 36.4 Å². The van der Waals surface area contributed by atoms with Crippen molar-refractivity contribution < 1.29 is 9.50 Å². The van der Waals surface area contributed by atoms with E-state index in [9.17, 15) is 9.50 Å². The predicted octanol–water partition coefficient (Wildman–Crippen LogP) is 6.48. The van der Waals surface area contributed by atoms with Crippen LogP contribution in [-0.2, 0) is 20.1 Å². The molecule has 2 fully saturated rings. The summed E-state index contributed by atoms with van der Waals surface area (Å²) in [6.07, 6.45) is 5.99. The molecule has 2 aromatic heterocycles. The largest absolute Gasteiger partial charge is 0.393 e. The molecule has 1 aliphatic carbocycles. The molecular weight excluding hydrogens is 487 g/mol. The van der Waals surface area contributed by atoms with Gasteiger partial charge in [0.15, 0.2) is 0 Å². The number of aliphatic hydroxyl groups excluding tert-OH is 1. The number of piperidine rings is 1. The fourth-order valence-corrected chi connectivity index (χ4v) is 6.73. The van der Waals surface area contributed by atoms with Crippen molar-refractivity contribution in [3.8, 4) is 11.1 Å². The molecule has 0 atom stereocenters. The molecule has 5 aromatic rings. The summed E-state index contributed by atoms with van der Waals surface area (Å²) in [7, 11) is 2.07. The fourth-order valence-electron chi connectivity index (χ4n) is 6.73. The predicted molar refractivity (Wildman–Crippen MR) is 154 cm³/mol. The molecule has 1 N–H and O–H groups in total. The maximum atomic E-state index is 13.9. The molecule has 0 amide bonds. The number of halogens is 1. The maximum Gasteiger partial charge on any atom is 0.123 e. The summed E-state index contributed by atoms with van der Waals surface area (Å²) in [5, 5.41) is 11.0. The van der Waals surface area contributed by atoms with Crippen molar-refractivity contribution in [3.05, 3.63) is 90.1 Å². The minimum Gasteiger partial charge on any atom is -0.393 e. The van der Waals surface area contributed by atoms with E-state index in [1.165, 1.54) is 28.5 Å². The lowest BCUT2D eigenvalue weighted by Gasteiger charge is -2.34. The topological polar surface area (TPSA) is 46.2 Å². The van der Waals surface area contributed by atoms with Gasteiger partial charge in [0.05, 0.1) is 17.1 Å². The smallest absolute Gasteiger partial charge is 0.123 e. The van der Waals surface area contributed by atoms with Gasteiger partial charge in [0.25, 0.3) is 0 Å². The first-order valence-electron chi connectivity index (χ1n) is 14.2. The zero-order valence-corrected chi connectivity index (χ0v) is 22.4. The molecule has 3 heterocycles. The van der Waals surface area contributed by atoms with Gasteiger partial charge in [0.2, 0.25) is 0 Å². The quantitative estimate of drug-likeness (QED) is 0.278. The normalized spacial score (nSPS) is 20.6. The number of aliphatic hydroxyl groups is 1. The molecule has 1 aliphatic heterocycles. The molecule has 0 unspecified atom stereocenters. The van der Waals surface area contributed by atoms with Crippen LogP contribution in [0.3, 0.4) is 0 Å². The number of para-hydroxylation sites is 2. The molecule has 7 rings (SSSR count). The fraction of sp³-hybridized carbons (Fsp3) is 0.364. The lowest BCUT2D eigenvalue weighted by Crippen LogP contribution is -2.34. The lowest BCUT2D eigenvalue weighted by atomic mass is 9.82. The average molecular weight is 523 g/mol. The third-order valence-electron chi connectivity index (χ3n) is 8.89. The van der Waals surface area contributed by atoms with Crippen LogP contribution in [0.15, 0.2) is 72.9 Å². The second-order valence-electron chi connectivity index (χ2n) is 11.6. The number of aryl methyl sites for hydroxylation is 1. The van der Waals surface area contributed by atoms with Crippen molar-refractivity contribution in [1.82, 2.24) is 19.0 Å². The van der Waals surface area contributed by atoms with Crippen molar-refractivity contribution in [1.29, 1.82) is 0 Å². The first-order chi connectivity index (χ1) is 19.0. The Morgan fingerprint density at radius 3 is 2.56 bits per heavy atom. The molecule has 200 valence electrons. The second-order valence-corrected chi connectivity index (χ2v) is 11.6. The van der Waals surface area contributed by atoms with Crippen LogP contribution in [0.5, 0.6) is 0 Å². The van der Waals surface area contributed by atoms with Gasteiger partial charge in [-0.2, -0.15) is 0 Å². The van der Waals surface area contributed by atoms with E-state index in [1.807, 2.05) is 6.07 Å². The molecule has 1 saturated carbocycles. The summed E-state index contributed by atoms with van der Waals surface area (Å²) >= 11 is 0. The van der Waals surface area contributed by atoms with Crippen molar-refractivity contribution >= 4 is 21.9 Å². The van der Waals surface area contributed by atoms with E-state index in [0.717, 1.165) is 73.9 Å². The van der Waals surface area contributed by atoms with Crippen molar-refractivity contribution in [2.45, 2.75) is 50.8 Å². The van der Waals surface area contributed by atoms with Gasteiger partial charge in [-0.25, -0.2) is 9.37 Å². The van der Waals surface area contributed by atoms with Crippen LogP contribution >= 0.6 is 0 Å². The van der Waals surface area contributed by atoms with Gasteiger partial charge in [-0.15, -0.1) is 0 Å². The van der Waals surface area contributed by atoms with Gasteiger partial charge in [-0.05, 0) is 86.1 Å². The first-order valence-corrected chi connectivity index (χ1v) is 14.2. The van der Waals surface area contributed by atoms with E-state index in [2.05, 4.69) is 69.7 Å². The molecule has 0 radical (unpaired) electrons. The maximum absolute atomic E-state index is 13.9. The zero-order valence-electron chi connectivity index (χ0n) is 22.4. The van der Waals surface area contributed by atoms with Crippen LogP contribution in [-0.4, -0.2) is 43.3 Å². The molecule has 39 heavy (non-hydrogen) atoms. The summed E-state index contributed by atoms with van der Waals surface area (Å²) in [6, 6.07) is 22.0. The zero-order chi connectivity index (χ0) is 26.5. The number of rotatable bonds is 6. The number of imidazole rings is 1. The standard InChI is InChI=1S/C33H35FN4O/c1-36-21-29(25-5-4-6-26(34)18-25)28-10-9-22(17-32(28)36)19-37-13-11-24(12-14-37)33-35-30-7-2-3-8-31(30)38(33)20-23-15-27(39)16-23/h2-10,17-18,21,23-24,27,39H,11-16,19-20H2,1H3. The molecular formula is C33H35FN4O. The van der Waals surface area contributed by atoms with Crippen LogP contribution in [0.1, 0.15) is 43.0 Å². The highest BCUT2D eigenvalue weighted by Crippen LogP contribution is 2.36. The minimum atomic E-state index is -0.207. The summed E-state index contributed by atoms with van der Waals surface area (Å²) in [5.74, 6) is 2.03. The highest BCUT2D eigenvalue weighted by Gasteiger charge is 2.31. The summed E-state index contributed by atoms with van der Waals surface area (Å²) < 4.78 is 18.5. The Morgan fingerprint density at radius 1 is 0.949 bits per heavy atom. The van der Waals surface area contributed by atoms with Crippen LogP contribution in [0.2, 0.25) is 0 Å². The SMILES string of the molecule is Cn1cc(-c2cccc(F)c2)c2ccc(CN3CCC(c4nc5ccccc5n4CC4CC(O)C4)CC3)cc21. The van der Waals surface area contributed by atoms with Crippen molar-refractivity contribution in [3.63, 3.8) is 0 Å². The van der Waals surface area contributed by atoms with E-state index in [-0.39, 0.29) is 11.9 Å². The number of hydrogen-bond acceptors (Lipinski definition) is 3. The monoisotopic (exact) mass is 522 g/mol. The molecule has 5 nitrogen and oxygen atoms in total. The highest BCUT2D eigenvalue weighted by molar-refractivity contribution is 5.96. The lowest BCUT2D eigenvalue weighted by molar-refractivity contribution is 0.0351.